The Balaban J connectivity index is 2.14. The fourth-order valence-electron chi connectivity index (χ4n) is 1.64. The van der Waals surface area contributed by atoms with E-state index in [0.29, 0.717) is 22.8 Å². The molecule has 0 unspecified atom stereocenters. The Morgan fingerprint density at radius 3 is 2.83 bits per heavy atom. The molecule has 18 heavy (non-hydrogen) atoms. The lowest BCUT2D eigenvalue weighted by atomic mass is 10.1. The first-order valence-corrected chi connectivity index (χ1v) is 5.46. The molecule has 2 aromatic rings. The smallest absolute Gasteiger partial charge is 0.336 e. The minimum absolute atomic E-state index is 0.240. The molecule has 0 amide bonds. The Labute approximate surface area is 104 Å². The molecule has 5 heteroatoms. The van der Waals surface area contributed by atoms with Crippen LogP contribution in [0.15, 0.2) is 28.8 Å². The summed E-state index contributed by atoms with van der Waals surface area (Å²) < 4.78 is 10.5. The number of benzene rings is 1. The van der Waals surface area contributed by atoms with Crippen LogP contribution >= 0.6 is 0 Å². The molecule has 0 atom stereocenters. The summed E-state index contributed by atoms with van der Waals surface area (Å²) in [5.74, 6) is 0.287. The van der Waals surface area contributed by atoms with Crippen LogP contribution in [0.25, 0.3) is 0 Å². The Bertz CT molecular complexity index is 574. The number of hydrogen-bond donors (Lipinski definition) is 1. The van der Waals surface area contributed by atoms with Gasteiger partial charge in [-0.05, 0) is 26.0 Å². The van der Waals surface area contributed by atoms with Gasteiger partial charge >= 0.3 is 5.97 Å². The molecule has 0 fully saturated rings. The van der Waals surface area contributed by atoms with Crippen LogP contribution < -0.4 is 4.74 Å². The number of carboxylic acids is 1. The second-order valence-electron chi connectivity index (χ2n) is 3.95. The van der Waals surface area contributed by atoms with Crippen molar-refractivity contribution in [3.63, 3.8) is 0 Å². The SMILES string of the molecule is Cc1cc(COc2cccc(C(=O)O)c2C)no1. The molecule has 0 aliphatic carbocycles. The lowest BCUT2D eigenvalue weighted by molar-refractivity contribution is 0.0695. The van der Waals surface area contributed by atoms with E-state index in [1.807, 2.05) is 0 Å². The first kappa shape index (κ1) is 12.2. The third kappa shape index (κ3) is 2.51. The number of ether oxygens (including phenoxy) is 1. The lowest BCUT2D eigenvalue weighted by Gasteiger charge is -2.09. The third-order valence-electron chi connectivity index (χ3n) is 2.57. The molecule has 1 aromatic heterocycles. The minimum Gasteiger partial charge on any atom is -0.487 e. The number of carbonyl (C=O) groups is 1. The topological polar surface area (TPSA) is 72.6 Å². The minimum atomic E-state index is -0.963. The van der Waals surface area contributed by atoms with Crippen molar-refractivity contribution in [1.29, 1.82) is 0 Å². The Morgan fingerprint density at radius 2 is 2.22 bits per heavy atom. The van der Waals surface area contributed by atoms with Crippen molar-refractivity contribution in [2.75, 3.05) is 0 Å². The maximum Gasteiger partial charge on any atom is 0.336 e. The van der Waals surface area contributed by atoms with Crippen LogP contribution in [0, 0.1) is 13.8 Å². The molecule has 94 valence electrons. The highest BCUT2D eigenvalue weighted by molar-refractivity contribution is 5.90. The number of aryl methyl sites for hydroxylation is 1. The van der Waals surface area contributed by atoms with Crippen LogP contribution in [-0.2, 0) is 6.61 Å². The highest BCUT2D eigenvalue weighted by Gasteiger charge is 2.11. The van der Waals surface area contributed by atoms with Crippen LogP contribution in [0.4, 0.5) is 0 Å². The maximum absolute atomic E-state index is 11.0. The van der Waals surface area contributed by atoms with E-state index in [1.165, 1.54) is 0 Å². The van der Waals surface area contributed by atoms with Crippen molar-refractivity contribution in [3.05, 3.63) is 46.8 Å². The van der Waals surface area contributed by atoms with Gasteiger partial charge < -0.3 is 14.4 Å². The number of rotatable bonds is 4. The van der Waals surface area contributed by atoms with Crippen molar-refractivity contribution in [2.45, 2.75) is 20.5 Å². The molecule has 0 bridgehead atoms. The van der Waals surface area contributed by atoms with Gasteiger partial charge in [0.05, 0.1) is 5.56 Å². The Hall–Kier alpha value is -2.30. The molecule has 0 spiro atoms. The standard InChI is InChI=1S/C13H13NO4/c1-8-6-10(14-18-8)7-17-12-5-3-4-11(9(12)2)13(15)16/h3-6H,7H2,1-2H3,(H,15,16). The zero-order valence-corrected chi connectivity index (χ0v) is 10.1. The van der Waals surface area contributed by atoms with Crippen molar-refractivity contribution in [2.24, 2.45) is 0 Å². The molecule has 5 nitrogen and oxygen atoms in total. The van der Waals surface area contributed by atoms with Gasteiger partial charge in [-0.25, -0.2) is 4.79 Å². The highest BCUT2D eigenvalue weighted by atomic mass is 16.5. The van der Waals surface area contributed by atoms with E-state index in [0.717, 1.165) is 0 Å². The normalized spacial score (nSPS) is 10.3. The van der Waals surface area contributed by atoms with Crippen LogP contribution in [0.2, 0.25) is 0 Å². The summed E-state index contributed by atoms with van der Waals surface area (Å²) in [4.78, 5) is 11.0. The van der Waals surface area contributed by atoms with Gasteiger partial charge in [-0.15, -0.1) is 0 Å². The summed E-state index contributed by atoms with van der Waals surface area (Å²) in [6.45, 7) is 3.76. The van der Waals surface area contributed by atoms with Gasteiger partial charge in [0.25, 0.3) is 0 Å². The van der Waals surface area contributed by atoms with Crippen molar-refractivity contribution >= 4 is 5.97 Å². The Kier molecular flexibility index (Phi) is 3.32. The summed E-state index contributed by atoms with van der Waals surface area (Å²) in [6.07, 6.45) is 0. The summed E-state index contributed by atoms with van der Waals surface area (Å²) >= 11 is 0. The third-order valence-corrected chi connectivity index (χ3v) is 2.57. The molecule has 1 N–H and O–H groups in total. The van der Waals surface area contributed by atoms with Crippen LogP contribution in [0.5, 0.6) is 5.75 Å². The van der Waals surface area contributed by atoms with Crippen LogP contribution in [0.1, 0.15) is 27.4 Å². The van der Waals surface area contributed by atoms with Crippen molar-refractivity contribution in [1.82, 2.24) is 5.16 Å². The average molecular weight is 247 g/mol. The second-order valence-corrected chi connectivity index (χ2v) is 3.95. The summed E-state index contributed by atoms with van der Waals surface area (Å²) in [5.41, 5.74) is 1.52. The lowest BCUT2D eigenvalue weighted by Crippen LogP contribution is -2.03. The number of aromatic nitrogens is 1. The first-order chi connectivity index (χ1) is 8.58. The number of hydrogen-bond acceptors (Lipinski definition) is 4. The highest BCUT2D eigenvalue weighted by Crippen LogP contribution is 2.22. The van der Waals surface area contributed by atoms with Gasteiger partial charge in [-0.1, -0.05) is 11.2 Å². The van der Waals surface area contributed by atoms with E-state index in [4.69, 9.17) is 14.4 Å². The molecule has 0 saturated heterocycles. The molecular formula is C13H13NO4. The maximum atomic E-state index is 11.0. The van der Waals surface area contributed by atoms with Gasteiger partial charge in [0.1, 0.15) is 23.8 Å². The van der Waals surface area contributed by atoms with E-state index in [2.05, 4.69) is 5.16 Å². The zero-order valence-electron chi connectivity index (χ0n) is 10.1. The Morgan fingerprint density at radius 1 is 1.44 bits per heavy atom. The quantitative estimate of drug-likeness (QED) is 0.898. The number of aromatic carboxylic acids is 1. The van der Waals surface area contributed by atoms with Gasteiger partial charge in [0, 0.05) is 11.6 Å². The van der Waals surface area contributed by atoms with E-state index in [1.54, 1.807) is 38.1 Å². The van der Waals surface area contributed by atoms with E-state index >= 15 is 0 Å². The summed E-state index contributed by atoms with van der Waals surface area (Å²) in [7, 11) is 0. The predicted octanol–water partition coefficient (Wildman–Crippen LogP) is 2.57. The van der Waals surface area contributed by atoms with Crippen LogP contribution in [-0.4, -0.2) is 16.2 Å². The van der Waals surface area contributed by atoms with Crippen LogP contribution in [0.3, 0.4) is 0 Å². The van der Waals surface area contributed by atoms with E-state index < -0.39 is 5.97 Å². The zero-order chi connectivity index (χ0) is 13.1. The molecule has 0 aliphatic heterocycles. The molecule has 1 aromatic carbocycles. The van der Waals surface area contributed by atoms with Crippen molar-refractivity contribution < 1.29 is 19.2 Å². The molecular weight excluding hydrogens is 234 g/mol. The second kappa shape index (κ2) is 4.91. The number of nitrogens with zero attached hydrogens (tertiary/aromatic N) is 1. The molecule has 0 aliphatic rings. The van der Waals surface area contributed by atoms with E-state index in [-0.39, 0.29) is 12.2 Å². The van der Waals surface area contributed by atoms with Gasteiger partial charge in [-0.2, -0.15) is 0 Å². The summed E-state index contributed by atoms with van der Waals surface area (Å²) in [5, 5.41) is 12.8. The summed E-state index contributed by atoms with van der Waals surface area (Å²) in [6, 6.07) is 6.70. The largest absolute Gasteiger partial charge is 0.487 e. The fourth-order valence-corrected chi connectivity index (χ4v) is 1.64. The molecule has 2 rings (SSSR count). The fraction of sp³-hybridized carbons (Fsp3) is 0.231. The van der Waals surface area contributed by atoms with Gasteiger partial charge in [0.2, 0.25) is 0 Å². The average Bonchev–Trinajstić information content (AvgIpc) is 2.73. The van der Waals surface area contributed by atoms with Crippen molar-refractivity contribution in [3.8, 4) is 5.75 Å². The first-order valence-electron chi connectivity index (χ1n) is 5.46. The molecule has 0 saturated carbocycles. The monoisotopic (exact) mass is 247 g/mol. The predicted molar refractivity (Wildman–Crippen MR) is 63.7 cm³/mol. The van der Waals surface area contributed by atoms with Gasteiger partial charge in [-0.3, -0.25) is 0 Å². The van der Waals surface area contributed by atoms with Gasteiger partial charge in [0.15, 0.2) is 0 Å². The molecule has 1 heterocycles. The molecule has 0 radical (unpaired) electrons. The van der Waals surface area contributed by atoms with E-state index in [9.17, 15) is 4.79 Å². The number of carboxylic acid groups (broad SMARTS) is 1.